The summed E-state index contributed by atoms with van der Waals surface area (Å²) in [7, 11) is 0. The van der Waals surface area contributed by atoms with E-state index in [1.54, 1.807) is 11.8 Å². The average Bonchev–Trinajstić information content (AvgIpc) is 2.38. The molecule has 17 heavy (non-hydrogen) atoms. The van der Waals surface area contributed by atoms with Gasteiger partial charge in [0.1, 0.15) is 0 Å². The van der Waals surface area contributed by atoms with Crippen molar-refractivity contribution < 1.29 is 5.11 Å². The summed E-state index contributed by atoms with van der Waals surface area (Å²) in [4.78, 5) is 1.31. The van der Waals surface area contributed by atoms with Crippen LogP contribution >= 0.6 is 11.8 Å². The Kier molecular flexibility index (Phi) is 7.33. The van der Waals surface area contributed by atoms with Crippen LogP contribution in [0, 0.1) is 5.92 Å². The number of aliphatic hydroxyl groups is 1. The summed E-state index contributed by atoms with van der Waals surface area (Å²) < 4.78 is 0. The minimum atomic E-state index is 0.294. The van der Waals surface area contributed by atoms with Crippen LogP contribution < -0.4 is 5.32 Å². The summed E-state index contributed by atoms with van der Waals surface area (Å²) in [5.74, 6) is 0.588. The van der Waals surface area contributed by atoms with E-state index in [4.69, 9.17) is 5.11 Å². The molecule has 3 heteroatoms. The zero-order valence-corrected chi connectivity index (χ0v) is 11.6. The van der Waals surface area contributed by atoms with Crippen molar-refractivity contribution in [1.82, 2.24) is 5.32 Å². The lowest BCUT2D eigenvalue weighted by Gasteiger charge is -2.14. The maximum atomic E-state index is 8.91. The van der Waals surface area contributed by atoms with Crippen LogP contribution in [0.2, 0.25) is 0 Å². The third-order valence-electron chi connectivity index (χ3n) is 3.04. The molecule has 1 aromatic rings. The Labute approximate surface area is 109 Å². The van der Waals surface area contributed by atoms with Crippen molar-refractivity contribution in [3.8, 4) is 0 Å². The summed E-state index contributed by atoms with van der Waals surface area (Å²) in [6, 6.07) is 8.66. The fraction of sp³-hybridized carbons (Fsp3) is 0.571. The van der Waals surface area contributed by atoms with Crippen LogP contribution in [0.1, 0.15) is 25.3 Å². The summed E-state index contributed by atoms with van der Waals surface area (Å²) in [5.41, 5.74) is 1.32. The molecule has 0 aliphatic heterocycles. The lowest BCUT2D eigenvalue weighted by Crippen LogP contribution is -2.22. The van der Waals surface area contributed by atoms with Crippen molar-refractivity contribution in [2.75, 3.05) is 19.4 Å². The van der Waals surface area contributed by atoms with Gasteiger partial charge in [0.25, 0.3) is 0 Å². The van der Waals surface area contributed by atoms with Gasteiger partial charge < -0.3 is 10.4 Å². The van der Waals surface area contributed by atoms with Crippen LogP contribution in [0.15, 0.2) is 29.2 Å². The quantitative estimate of drug-likeness (QED) is 0.699. The predicted octanol–water partition coefficient (Wildman–Crippen LogP) is 2.91. The highest BCUT2D eigenvalue weighted by molar-refractivity contribution is 7.98. The topological polar surface area (TPSA) is 32.3 Å². The molecule has 0 aromatic heterocycles. The molecule has 1 rings (SSSR count). The molecule has 0 saturated heterocycles. The van der Waals surface area contributed by atoms with Crippen LogP contribution in [0.5, 0.6) is 0 Å². The molecule has 0 heterocycles. The number of benzene rings is 1. The zero-order valence-electron chi connectivity index (χ0n) is 10.8. The van der Waals surface area contributed by atoms with Crippen LogP contribution in [0.3, 0.4) is 0 Å². The second kappa shape index (κ2) is 8.56. The maximum absolute atomic E-state index is 8.91. The van der Waals surface area contributed by atoms with Crippen molar-refractivity contribution >= 4 is 11.8 Å². The Bertz CT molecular complexity index is 300. The zero-order chi connectivity index (χ0) is 12.5. The molecule has 0 saturated carbocycles. The first-order valence-electron chi connectivity index (χ1n) is 6.24. The van der Waals surface area contributed by atoms with E-state index in [-0.39, 0.29) is 0 Å². The largest absolute Gasteiger partial charge is 0.396 e. The third-order valence-corrected chi connectivity index (χ3v) is 3.78. The van der Waals surface area contributed by atoms with E-state index in [9.17, 15) is 0 Å². The Morgan fingerprint density at radius 2 is 2.00 bits per heavy atom. The molecule has 1 unspecified atom stereocenters. The van der Waals surface area contributed by atoms with E-state index in [1.165, 1.54) is 10.5 Å². The molecule has 0 fully saturated rings. The first kappa shape index (κ1) is 14.6. The highest BCUT2D eigenvalue weighted by Gasteiger charge is 2.04. The first-order chi connectivity index (χ1) is 8.30. The van der Waals surface area contributed by atoms with Gasteiger partial charge in [-0.2, -0.15) is 0 Å². The average molecular weight is 253 g/mol. The fourth-order valence-electron chi connectivity index (χ4n) is 1.80. The number of aliphatic hydroxyl groups excluding tert-OH is 1. The standard InChI is InChI=1S/C14H23NOS/c1-3-12(8-9-16)10-15-11-13-4-6-14(17-2)7-5-13/h4-7,12,15-16H,3,8-11H2,1-2H3. The molecule has 0 aliphatic rings. The number of hydrogen-bond acceptors (Lipinski definition) is 3. The molecule has 0 radical (unpaired) electrons. The maximum Gasteiger partial charge on any atom is 0.0434 e. The number of hydrogen-bond donors (Lipinski definition) is 2. The minimum absolute atomic E-state index is 0.294. The summed E-state index contributed by atoms with van der Waals surface area (Å²) in [6.07, 6.45) is 4.11. The molecular weight excluding hydrogens is 230 g/mol. The molecule has 0 spiro atoms. The van der Waals surface area contributed by atoms with Crippen LogP contribution in [-0.4, -0.2) is 24.5 Å². The Hall–Kier alpha value is -0.510. The van der Waals surface area contributed by atoms with Crippen molar-refractivity contribution in [1.29, 1.82) is 0 Å². The van der Waals surface area contributed by atoms with Crippen LogP contribution in [0.25, 0.3) is 0 Å². The summed E-state index contributed by atoms with van der Waals surface area (Å²) in [5, 5.41) is 12.4. The van der Waals surface area contributed by atoms with E-state index < -0.39 is 0 Å². The Balaban J connectivity index is 2.29. The second-order valence-corrected chi connectivity index (χ2v) is 5.15. The van der Waals surface area contributed by atoms with Crippen molar-refractivity contribution in [3.05, 3.63) is 29.8 Å². The summed E-state index contributed by atoms with van der Waals surface area (Å²) >= 11 is 1.77. The number of rotatable bonds is 8. The minimum Gasteiger partial charge on any atom is -0.396 e. The molecule has 1 aromatic carbocycles. The lowest BCUT2D eigenvalue weighted by molar-refractivity contribution is 0.251. The second-order valence-electron chi connectivity index (χ2n) is 4.27. The SMILES string of the molecule is CCC(CCO)CNCc1ccc(SC)cc1. The van der Waals surface area contributed by atoms with Gasteiger partial charge in [-0.3, -0.25) is 0 Å². The van der Waals surface area contributed by atoms with Crippen LogP contribution in [0.4, 0.5) is 0 Å². The van der Waals surface area contributed by atoms with Gasteiger partial charge in [0.2, 0.25) is 0 Å². The van der Waals surface area contributed by atoms with Crippen molar-refractivity contribution in [2.24, 2.45) is 5.92 Å². The Morgan fingerprint density at radius 3 is 2.53 bits per heavy atom. The molecule has 0 aliphatic carbocycles. The van der Waals surface area contributed by atoms with Gasteiger partial charge in [0.05, 0.1) is 0 Å². The monoisotopic (exact) mass is 253 g/mol. The van der Waals surface area contributed by atoms with E-state index in [0.29, 0.717) is 12.5 Å². The lowest BCUT2D eigenvalue weighted by atomic mass is 10.0. The number of thioether (sulfide) groups is 1. The molecule has 2 nitrogen and oxygen atoms in total. The van der Waals surface area contributed by atoms with Gasteiger partial charge in [0, 0.05) is 18.0 Å². The van der Waals surface area contributed by atoms with E-state index >= 15 is 0 Å². The predicted molar refractivity (Wildman–Crippen MR) is 75.4 cm³/mol. The molecule has 2 N–H and O–H groups in total. The highest BCUT2D eigenvalue weighted by atomic mass is 32.2. The summed E-state index contributed by atoms with van der Waals surface area (Å²) in [6.45, 7) is 4.37. The highest BCUT2D eigenvalue weighted by Crippen LogP contribution is 2.14. The van der Waals surface area contributed by atoms with E-state index in [0.717, 1.165) is 25.9 Å². The number of nitrogens with one attached hydrogen (secondary N) is 1. The van der Waals surface area contributed by atoms with Gasteiger partial charge in [-0.05, 0) is 42.8 Å². The molecule has 0 amide bonds. The van der Waals surface area contributed by atoms with Gasteiger partial charge in [-0.25, -0.2) is 0 Å². The first-order valence-corrected chi connectivity index (χ1v) is 7.47. The normalized spacial score (nSPS) is 12.6. The van der Waals surface area contributed by atoms with Crippen LogP contribution in [-0.2, 0) is 6.54 Å². The van der Waals surface area contributed by atoms with Crippen molar-refractivity contribution in [3.63, 3.8) is 0 Å². The van der Waals surface area contributed by atoms with Crippen molar-refractivity contribution in [2.45, 2.75) is 31.2 Å². The molecule has 1 atom stereocenters. The van der Waals surface area contributed by atoms with Gasteiger partial charge in [-0.1, -0.05) is 25.5 Å². The molecular formula is C14H23NOS. The third kappa shape index (κ3) is 5.57. The smallest absolute Gasteiger partial charge is 0.0434 e. The molecule has 96 valence electrons. The van der Waals surface area contributed by atoms with Gasteiger partial charge >= 0.3 is 0 Å². The molecule has 0 bridgehead atoms. The van der Waals surface area contributed by atoms with Gasteiger partial charge in [0.15, 0.2) is 0 Å². The van der Waals surface area contributed by atoms with E-state index in [2.05, 4.69) is 42.8 Å². The Morgan fingerprint density at radius 1 is 1.29 bits per heavy atom. The fourth-order valence-corrected chi connectivity index (χ4v) is 2.21. The van der Waals surface area contributed by atoms with E-state index in [1.807, 2.05) is 0 Å². The van der Waals surface area contributed by atoms with Gasteiger partial charge in [-0.15, -0.1) is 11.8 Å².